The second-order valence-corrected chi connectivity index (χ2v) is 6.80. The number of rotatable bonds is 4. The van der Waals surface area contributed by atoms with Crippen LogP contribution in [0.3, 0.4) is 0 Å². The molecule has 3 atom stereocenters. The Morgan fingerprint density at radius 1 is 0.967 bits per heavy atom. The minimum absolute atomic E-state index is 0.0812. The molecule has 0 aliphatic carbocycles. The van der Waals surface area contributed by atoms with Gasteiger partial charge in [0.25, 0.3) is 0 Å². The maximum atomic E-state index is 13.2. The lowest BCUT2D eigenvalue weighted by Crippen LogP contribution is -2.43. The van der Waals surface area contributed by atoms with Crippen LogP contribution in [0.1, 0.15) is 41.3 Å². The largest absolute Gasteiger partial charge is 0.417 e. The van der Waals surface area contributed by atoms with Crippen LogP contribution in [-0.2, 0) is 21.8 Å². The second-order valence-electron chi connectivity index (χ2n) is 6.80. The van der Waals surface area contributed by atoms with Crippen LogP contribution in [-0.4, -0.2) is 19.4 Å². The molecule has 1 saturated heterocycles. The Morgan fingerprint density at radius 3 is 2.20 bits per heavy atom. The van der Waals surface area contributed by atoms with E-state index in [2.05, 4.69) is 5.32 Å². The molecule has 2 aromatic rings. The van der Waals surface area contributed by atoms with Gasteiger partial charge in [-0.2, -0.15) is 26.3 Å². The number of morpholine rings is 1. The van der Waals surface area contributed by atoms with Gasteiger partial charge in [0.05, 0.1) is 29.9 Å². The lowest BCUT2D eigenvalue weighted by Gasteiger charge is -2.34. The summed E-state index contributed by atoms with van der Waals surface area (Å²) >= 11 is 0. The number of alkyl halides is 6. The maximum absolute atomic E-state index is 13.2. The molecule has 30 heavy (non-hydrogen) atoms. The van der Waals surface area contributed by atoms with E-state index >= 15 is 0 Å². The number of hydrogen-bond acceptors (Lipinski definition) is 3. The van der Waals surface area contributed by atoms with Crippen molar-refractivity contribution in [3.8, 4) is 0 Å². The van der Waals surface area contributed by atoms with E-state index < -0.39 is 47.7 Å². The average molecular weight is 437 g/mol. The fraction of sp³-hybridized carbons (Fsp3) is 0.400. The van der Waals surface area contributed by atoms with Gasteiger partial charge in [0.2, 0.25) is 0 Å². The summed E-state index contributed by atoms with van der Waals surface area (Å²) in [6.07, 6.45) is -12.3. The molecular weight excluding hydrogens is 419 g/mol. The van der Waals surface area contributed by atoms with Crippen molar-refractivity contribution >= 4 is 0 Å². The van der Waals surface area contributed by atoms with Gasteiger partial charge < -0.3 is 14.8 Å². The molecule has 0 saturated carbocycles. The highest BCUT2D eigenvalue weighted by Crippen LogP contribution is 2.41. The molecule has 1 heterocycles. The van der Waals surface area contributed by atoms with Crippen molar-refractivity contribution in [2.45, 2.75) is 37.7 Å². The monoisotopic (exact) mass is 437 g/mol. The highest BCUT2D eigenvalue weighted by molar-refractivity contribution is 5.37. The number of halogens is 7. The van der Waals surface area contributed by atoms with Crippen LogP contribution in [0, 0.1) is 5.82 Å². The Labute approximate surface area is 167 Å². The van der Waals surface area contributed by atoms with Crippen molar-refractivity contribution in [3.63, 3.8) is 0 Å². The van der Waals surface area contributed by atoms with Gasteiger partial charge in [-0.15, -0.1) is 0 Å². The maximum Gasteiger partial charge on any atom is 0.417 e. The summed E-state index contributed by atoms with van der Waals surface area (Å²) in [5.74, 6) is -0.439. The molecule has 1 aliphatic rings. The second kappa shape index (κ2) is 8.52. The minimum Gasteiger partial charge on any atom is -0.349 e. The molecule has 1 aliphatic heterocycles. The van der Waals surface area contributed by atoms with Gasteiger partial charge in [-0.3, -0.25) is 0 Å². The molecule has 164 valence electrons. The molecule has 0 aromatic heterocycles. The van der Waals surface area contributed by atoms with E-state index in [9.17, 15) is 30.7 Å². The third-order valence-corrected chi connectivity index (χ3v) is 4.71. The minimum atomic E-state index is -5.18. The van der Waals surface area contributed by atoms with E-state index in [4.69, 9.17) is 9.47 Å². The van der Waals surface area contributed by atoms with E-state index in [1.165, 1.54) is 31.2 Å². The lowest BCUT2D eigenvalue weighted by molar-refractivity contribution is -0.200. The first-order valence-electron chi connectivity index (χ1n) is 9.01. The fourth-order valence-corrected chi connectivity index (χ4v) is 3.22. The fourth-order valence-electron chi connectivity index (χ4n) is 3.22. The molecule has 0 spiro atoms. The summed E-state index contributed by atoms with van der Waals surface area (Å²) in [7, 11) is 0. The molecule has 0 amide bonds. The Bertz CT molecular complexity index is 865. The van der Waals surface area contributed by atoms with Crippen LogP contribution >= 0.6 is 0 Å². The molecule has 0 radical (unpaired) electrons. The van der Waals surface area contributed by atoms with Crippen LogP contribution < -0.4 is 5.32 Å². The van der Waals surface area contributed by atoms with Crippen molar-refractivity contribution in [2.24, 2.45) is 0 Å². The number of nitrogens with one attached hydrogen (secondary N) is 1. The molecule has 3 nitrogen and oxygen atoms in total. The molecule has 0 unspecified atom stereocenters. The number of hydrogen-bond donors (Lipinski definition) is 1. The van der Waals surface area contributed by atoms with Crippen LogP contribution in [0.5, 0.6) is 0 Å². The van der Waals surface area contributed by atoms with E-state index in [0.29, 0.717) is 24.2 Å². The summed E-state index contributed by atoms with van der Waals surface area (Å²) < 4.78 is 103. The van der Waals surface area contributed by atoms with E-state index in [1.807, 2.05) is 0 Å². The summed E-state index contributed by atoms with van der Waals surface area (Å²) in [6, 6.07) is 6.79. The predicted octanol–water partition coefficient (Wildman–Crippen LogP) is 5.63. The van der Waals surface area contributed by atoms with Crippen molar-refractivity contribution in [1.29, 1.82) is 0 Å². The molecule has 3 rings (SSSR count). The first-order valence-corrected chi connectivity index (χ1v) is 9.01. The van der Waals surface area contributed by atoms with Gasteiger partial charge in [0.15, 0.2) is 6.29 Å². The highest BCUT2D eigenvalue weighted by Gasteiger charge is 2.43. The highest BCUT2D eigenvalue weighted by atomic mass is 19.4. The van der Waals surface area contributed by atoms with Gasteiger partial charge >= 0.3 is 12.4 Å². The van der Waals surface area contributed by atoms with Crippen LogP contribution in [0.25, 0.3) is 0 Å². The van der Waals surface area contributed by atoms with Crippen molar-refractivity contribution in [1.82, 2.24) is 5.32 Å². The third kappa shape index (κ3) is 5.11. The Morgan fingerprint density at radius 2 is 1.60 bits per heavy atom. The molecule has 1 N–H and O–H groups in total. The first-order chi connectivity index (χ1) is 14.0. The zero-order valence-corrected chi connectivity index (χ0v) is 15.6. The van der Waals surface area contributed by atoms with Gasteiger partial charge in [0.1, 0.15) is 5.82 Å². The van der Waals surface area contributed by atoms with Crippen LogP contribution in [0.4, 0.5) is 30.7 Å². The molecule has 1 fully saturated rings. The van der Waals surface area contributed by atoms with E-state index in [0.717, 1.165) is 6.07 Å². The Balaban J connectivity index is 1.85. The number of benzene rings is 2. The van der Waals surface area contributed by atoms with Crippen molar-refractivity contribution in [3.05, 3.63) is 70.5 Å². The first kappa shape index (κ1) is 22.5. The van der Waals surface area contributed by atoms with Crippen molar-refractivity contribution < 1.29 is 40.2 Å². The molecule has 0 bridgehead atoms. The van der Waals surface area contributed by atoms with Crippen LogP contribution in [0.15, 0.2) is 42.5 Å². The van der Waals surface area contributed by atoms with E-state index in [1.54, 1.807) is 0 Å². The van der Waals surface area contributed by atoms with Gasteiger partial charge in [-0.25, -0.2) is 4.39 Å². The number of ether oxygens (including phenoxy) is 2. The smallest absolute Gasteiger partial charge is 0.349 e. The van der Waals surface area contributed by atoms with Gasteiger partial charge in [-0.1, -0.05) is 18.2 Å². The third-order valence-electron chi connectivity index (χ3n) is 4.71. The van der Waals surface area contributed by atoms with Gasteiger partial charge in [0, 0.05) is 6.54 Å². The molecule has 10 heteroatoms. The molecular formula is C20H18F7NO2. The lowest BCUT2D eigenvalue weighted by atomic mass is 10.00. The van der Waals surface area contributed by atoms with Gasteiger partial charge in [-0.05, 0) is 42.3 Å². The van der Waals surface area contributed by atoms with Crippen molar-refractivity contribution in [2.75, 3.05) is 13.2 Å². The quantitative estimate of drug-likeness (QED) is 0.630. The zero-order chi connectivity index (χ0) is 22.1. The summed E-state index contributed by atoms with van der Waals surface area (Å²) in [6.45, 7) is 2.15. The standard InChI is InChI=1S/C20H18F7NO2/c1-11(13-4-7-15(19(22,23)24)16(10-13)20(25,26)27)30-18-17(28-8-9-29-18)12-2-5-14(21)6-3-12/h2-7,10-11,17-18,28H,8-9H2,1H3/t11-,17+,18-/m1/s1. The van der Waals surface area contributed by atoms with E-state index in [-0.39, 0.29) is 12.2 Å². The Kier molecular flexibility index (Phi) is 6.40. The Hall–Kier alpha value is -2.17. The summed E-state index contributed by atoms with van der Waals surface area (Å²) in [5, 5.41) is 3.13. The normalized spacial score (nSPS) is 21.5. The SMILES string of the molecule is C[C@@H](O[C@H]1OCCN[C@H]1c1ccc(F)cc1)c1ccc(C(F)(F)F)c(C(F)(F)F)c1. The zero-order valence-electron chi connectivity index (χ0n) is 15.6. The topological polar surface area (TPSA) is 30.5 Å². The summed E-state index contributed by atoms with van der Waals surface area (Å²) in [5.41, 5.74) is -2.98. The predicted molar refractivity (Wildman–Crippen MR) is 92.8 cm³/mol. The summed E-state index contributed by atoms with van der Waals surface area (Å²) in [4.78, 5) is 0. The van der Waals surface area contributed by atoms with Crippen LogP contribution in [0.2, 0.25) is 0 Å². The average Bonchev–Trinajstić information content (AvgIpc) is 2.67. The molecule has 2 aromatic carbocycles.